The molecule has 0 radical (unpaired) electrons. The Hall–Kier alpha value is -3.63. The normalized spacial score (nSPS) is 12.0. The van der Waals surface area contributed by atoms with Gasteiger partial charge in [0, 0.05) is 11.4 Å². The molecular weight excluding hydrogens is 401 g/mol. The van der Waals surface area contributed by atoms with Gasteiger partial charge in [0.05, 0.1) is 24.8 Å². The van der Waals surface area contributed by atoms with Gasteiger partial charge in [0.2, 0.25) is 5.95 Å². The van der Waals surface area contributed by atoms with Gasteiger partial charge in [-0.2, -0.15) is 13.2 Å². The molecule has 0 saturated carbocycles. The monoisotopic (exact) mass is 418 g/mol. The highest BCUT2D eigenvalue weighted by atomic mass is 19.4. The van der Waals surface area contributed by atoms with Gasteiger partial charge in [-0.3, -0.25) is 4.98 Å². The third kappa shape index (κ3) is 3.53. The van der Waals surface area contributed by atoms with E-state index >= 15 is 0 Å². The molecule has 8 nitrogen and oxygen atoms in total. The Morgan fingerprint density at radius 1 is 1.17 bits per heavy atom. The lowest BCUT2D eigenvalue weighted by molar-refractivity contribution is -0.137. The number of alkyl halides is 3. The Bertz CT molecular complexity index is 1270. The molecule has 0 aliphatic rings. The summed E-state index contributed by atoms with van der Waals surface area (Å²) in [5, 5.41) is 4.17. The van der Waals surface area contributed by atoms with Crippen molar-refractivity contribution in [1.82, 2.24) is 24.1 Å². The summed E-state index contributed by atoms with van der Waals surface area (Å²) in [6.45, 7) is 2.98. The van der Waals surface area contributed by atoms with Crippen LogP contribution in [0.25, 0.3) is 28.2 Å². The molecule has 156 valence electrons. The zero-order valence-corrected chi connectivity index (χ0v) is 16.1. The molecule has 4 heterocycles. The maximum atomic E-state index is 12.7. The maximum Gasteiger partial charge on any atom is 0.390 e. The highest BCUT2D eigenvalue weighted by Crippen LogP contribution is 2.35. The zero-order chi connectivity index (χ0) is 21.6. The van der Waals surface area contributed by atoms with E-state index in [9.17, 15) is 18.0 Å². The van der Waals surface area contributed by atoms with Crippen LogP contribution in [0.4, 0.5) is 19.1 Å². The molecule has 4 rings (SSSR count). The van der Waals surface area contributed by atoms with Gasteiger partial charge in [0.15, 0.2) is 11.4 Å². The Morgan fingerprint density at radius 2 is 1.87 bits per heavy atom. The van der Waals surface area contributed by atoms with Crippen molar-refractivity contribution in [3.05, 3.63) is 52.4 Å². The number of pyridine rings is 1. The van der Waals surface area contributed by atoms with Crippen molar-refractivity contribution in [2.24, 2.45) is 0 Å². The SMILES string of the molecule is Cc1cc(-c2c(-c3ccco3)nc(N)n3c(=O)n(CCC(F)(F)F)nc23)cc(C)n1. The highest BCUT2D eigenvalue weighted by molar-refractivity contribution is 5.89. The van der Waals surface area contributed by atoms with Gasteiger partial charge in [-0.15, -0.1) is 5.10 Å². The minimum absolute atomic E-state index is 0.0890. The van der Waals surface area contributed by atoms with Crippen LogP contribution >= 0.6 is 0 Å². The third-order valence-corrected chi connectivity index (χ3v) is 4.49. The summed E-state index contributed by atoms with van der Waals surface area (Å²) >= 11 is 0. The molecule has 0 aliphatic carbocycles. The van der Waals surface area contributed by atoms with E-state index in [1.54, 1.807) is 38.1 Å². The Balaban J connectivity index is 2.04. The lowest BCUT2D eigenvalue weighted by Crippen LogP contribution is -2.25. The average Bonchev–Trinajstić information content (AvgIpc) is 3.27. The molecule has 4 aromatic rings. The maximum absolute atomic E-state index is 12.7. The first kappa shape index (κ1) is 19.7. The molecule has 4 aromatic heterocycles. The molecule has 11 heteroatoms. The summed E-state index contributed by atoms with van der Waals surface area (Å²) < 4.78 is 45.3. The molecule has 0 amide bonds. The van der Waals surface area contributed by atoms with Crippen molar-refractivity contribution >= 4 is 11.6 Å². The molecule has 0 bridgehead atoms. The van der Waals surface area contributed by atoms with Gasteiger partial charge in [0.25, 0.3) is 0 Å². The fraction of sp³-hybridized carbons (Fsp3) is 0.263. The second-order valence-electron chi connectivity index (χ2n) is 6.84. The van der Waals surface area contributed by atoms with E-state index in [2.05, 4.69) is 15.1 Å². The number of aromatic nitrogens is 5. The molecule has 0 unspecified atom stereocenters. The smallest absolute Gasteiger partial charge is 0.390 e. The van der Waals surface area contributed by atoms with Crippen molar-refractivity contribution in [2.45, 2.75) is 33.0 Å². The number of hydrogen-bond acceptors (Lipinski definition) is 6. The van der Waals surface area contributed by atoms with Gasteiger partial charge >= 0.3 is 11.9 Å². The van der Waals surface area contributed by atoms with Crippen LogP contribution in [0, 0.1) is 13.8 Å². The summed E-state index contributed by atoms with van der Waals surface area (Å²) in [7, 11) is 0. The fourth-order valence-corrected chi connectivity index (χ4v) is 3.32. The molecule has 0 fully saturated rings. The number of furan rings is 1. The first-order valence-electron chi connectivity index (χ1n) is 8.99. The van der Waals surface area contributed by atoms with E-state index in [0.717, 1.165) is 9.08 Å². The lowest BCUT2D eigenvalue weighted by atomic mass is 10.0. The lowest BCUT2D eigenvalue weighted by Gasteiger charge is -2.11. The topological polar surface area (TPSA) is 104 Å². The predicted octanol–water partition coefficient (Wildman–Crippen LogP) is 3.36. The minimum Gasteiger partial charge on any atom is -0.463 e. The van der Waals surface area contributed by atoms with Gasteiger partial charge < -0.3 is 10.2 Å². The number of aryl methyl sites for hydroxylation is 3. The van der Waals surface area contributed by atoms with Crippen molar-refractivity contribution in [3.8, 4) is 22.6 Å². The van der Waals surface area contributed by atoms with Crippen LogP contribution in [0.3, 0.4) is 0 Å². The van der Waals surface area contributed by atoms with Crippen LogP contribution < -0.4 is 11.4 Å². The van der Waals surface area contributed by atoms with Crippen molar-refractivity contribution < 1.29 is 17.6 Å². The zero-order valence-electron chi connectivity index (χ0n) is 16.1. The molecule has 0 saturated heterocycles. The highest BCUT2D eigenvalue weighted by Gasteiger charge is 2.29. The molecular formula is C19H17F3N6O2. The molecule has 0 aliphatic heterocycles. The number of nitrogens with zero attached hydrogens (tertiary/aromatic N) is 5. The van der Waals surface area contributed by atoms with Crippen LogP contribution in [0.2, 0.25) is 0 Å². The van der Waals surface area contributed by atoms with Crippen molar-refractivity contribution in [3.63, 3.8) is 0 Å². The van der Waals surface area contributed by atoms with E-state index in [0.29, 0.717) is 34.0 Å². The first-order valence-corrected chi connectivity index (χ1v) is 8.99. The molecule has 2 N–H and O–H groups in total. The van der Waals surface area contributed by atoms with Crippen LogP contribution in [0.1, 0.15) is 17.8 Å². The third-order valence-electron chi connectivity index (χ3n) is 4.49. The standard InChI is InChI=1S/C19H17F3N6O2/c1-10-8-12(9-11(2)24-10)14-15(13-4-3-7-30-13)25-17(23)28-16(14)26-27(18(28)29)6-5-19(20,21)22/h3-4,7-9H,5-6H2,1-2H3,(H2,23,25). The van der Waals surface area contributed by atoms with Crippen molar-refractivity contribution in [2.75, 3.05) is 5.73 Å². The molecule has 0 atom stereocenters. The minimum atomic E-state index is -4.43. The van der Waals surface area contributed by atoms with E-state index in [-0.39, 0.29) is 11.6 Å². The fourth-order valence-electron chi connectivity index (χ4n) is 3.32. The van der Waals surface area contributed by atoms with Gasteiger partial charge in [0.1, 0.15) is 5.69 Å². The largest absolute Gasteiger partial charge is 0.463 e. The van der Waals surface area contributed by atoms with E-state index < -0.39 is 24.8 Å². The summed E-state index contributed by atoms with van der Waals surface area (Å²) in [6.07, 6.45) is -4.17. The van der Waals surface area contributed by atoms with E-state index in [1.165, 1.54) is 6.26 Å². The average molecular weight is 418 g/mol. The second-order valence-corrected chi connectivity index (χ2v) is 6.84. The van der Waals surface area contributed by atoms with Crippen molar-refractivity contribution in [1.29, 1.82) is 0 Å². The molecule has 0 spiro atoms. The van der Waals surface area contributed by atoms with Gasteiger partial charge in [-0.05, 0) is 43.7 Å². The number of nitrogens with two attached hydrogens (primary N) is 1. The van der Waals surface area contributed by atoms with Crippen LogP contribution in [0.15, 0.2) is 39.7 Å². The number of nitrogen functional groups attached to an aromatic ring is 1. The van der Waals surface area contributed by atoms with Crippen LogP contribution in [-0.2, 0) is 6.54 Å². The molecule has 30 heavy (non-hydrogen) atoms. The summed E-state index contributed by atoms with van der Waals surface area (Å²) in [5.41, 5.74) is 8.08. The molecule has 0 aromatic carbocycles. The summed E-state index contributed by atoms with van der Waals surface area (Å²) in [5.74, 6) is 0.175. The predicted molar refractivity (Wildman–Crippen MR) is 103 cm³/mol. The quantitative estimate of drug-likeness (QED) is 0.545. The van der Waals surface area contributed by atoms with Crippen LogP contribution in [0.5, 0.6) is 0 Å². The second kappa shape index (κ2) is 7.01. The number of halogens is 3. The Morgan fingerprint density at radius 3 is 2.47 bits per heavy atom. The number of anilines is 1. The number of hydrogen-bond donors (Lipinski definition) is 1. The first-order chi connectivity index (χ1) is 14.1. The van der Waals surface area contributed by atoms with Gasteiger partial charge in [-0.25, -0.2) is 18.9 Å². The van der Waals surface area contributed by atoms with E-state index in [1.807, 2.05) is 0 Å². The van der Waals surface area contributed by atoms with Gasteiger partial charge in [-0.1, -0.05) is 0 Å². The Labute approximate surface area is 167 Å². The van der Waals surface area contributed by atoms with Crippen LogP contribution in [-0.4, -0.2) is 30.3 Å². The number of fused-ring (bicyclic) bond motifs is 1. The van der Waals surface area contributed by atoms with E-state index in [4.69, 9.17) is 10.2 Å². The summed E-state index contributed by atoms with van der Waals surface area (Å²) in [6, 6.07) is 6.87. The Kier molecular flexibility index (Phi) is 4.60. The summed E-state index contributed by atoms with van der Waals surface area (Å²) in [4.78, 5) is 21.4. The number of rotatable bonds is 4.